The van der Waals surface area contributed by atoms with Crippen LogP contribution in [0.5, 0.6) is 0 Å². The molecule has 2 N–H and O–H groups in total. The molecular weight excluding hydrogens is 229 g/mol. The normalized spacial score (nSPS) is 12.5. The molecule has 1 nitrogen and oxygen atoms in total. The summed E-state index contributed by atoms with van der Waals surface area (Å²) in [7, 11) is 0. The van der Waals surface area contributed by atoms with Crippen LogP contribution in [0.2, 0.25) is 10.0 Å². The molecule has 0 aliphatic heterocycles. The Morgan fingerprint density at radius 2 is 2.13 bits per heavy atom. The Kier molecular flexibility index (Phi) is 5.16. The molecule has 1 aromatic carbocycles. The van der Waals surface area contributed by atoms with Gasteiger partial charge in [-0.25, -0.2) is 0 Å². The van der Waals surface area contributed by atoms with Crippen LogP contribution in [0.15, 0.2) is 30.9 Å². The summed E-state index contributed by atoms with van der Waals surface area (Å²) in [6.07, 6.45) is 4.53. The quantitative estimate of drug-likeness (QED) is 0.782. The van der Waals surface area contributed by atoms with E-state index in [0.29, 0.717) is 10.0 Å². The molecule has 0 amide bonds. The van der Waals surface area contributed by atoms with Crippen molar-refractivity contribution in [3.8, 4) is 0 Å². The number of allylic oxidation sites excluding steroid dienone is 1. The topological polar surface area (TPSA) is 26.0 Å². The molecule has 15 heavy (non-hydrogen) atoms. The van der Waals surface area contributed by atoms with Crippen molar-refractivity contribution in [2.45, 2.75) is 25.3 Å². The molecule has 0 aliphatic carbocycles. The van der Waals surface area contributed by atoms with Crippen LogP contribution >= 0.6 is 23.2 Å². The lowest BCUT2D eigenvalue weighted by Gasteiger charge is -2.11. The monoisotopic (exact) mass is 243 g/mol. The fourth-order valence-electron chi connectivity index (χ4n) is 1.40. The maximum atomic E-state index is 6.05. The van der Waals surface area contributed by atoms with Gasteiger partial charge in [-0.3, -0.25) is 0 Å². The summed E-state index contributed by atoms with van der Waals surface area (Å²) in [5.41, 5.74) is 7.01. The zero-order valence-electron chi connectivity index (χ0n) is 8.55. The Morgan fingerprint density at radius 3 is 2.73 bits per heavy atom. The molecule has 0 heterocycles. The molecular formula is C12H15Cl2N. The van der Waals surface area contributed by atoms with Crippen LogP contribution in [0.1, 0.15) is 18.4 Å². The number of hydrogen-bond donors (Lipinski definition) is 1. The summed E-state index contributed by atoms with van der Waals surface area (Å²) in [6.45, 7) is 3.67. The molecule has 0 radical (unpaired) electrons. The first-order valence-electron chi connectivity index (χ1n) is 4.94. The highest BCUT2D eigenvalue weighted by molar-refractivity contribution is 6.35. The molecule has 3 heteroatoms. The zero-order chi connectivity index (χ0) is 11.3. The van der Waals surface area contributed by atoms with Crippen molar-refractivity contribution in [2.75, 3.05) is 0 Å². The Balaban J connectivity index is 2.59. The van der Waals surface area contributed by atoms with Gasteiger partial charge in [0.05, 0.1) is 0 Å². The summed E-state index contributed by atoms with van der Waals surface area (Å²) in [5, 5.41) is 1.35. The maximum absolute atomic E-state index is 6.05. The second kappa shape index (κ2) is 6.16. The minimum atomic E-state index is 0.127. The van der Waals surface area contributed by atoms with Crippen LogP contribution in [0.3, 0.4) is 0 Å². The van der Waals surface area contributed by atoms with Gasteiger partial charge in [0, 0.05) is 16.1 Å². The van der Waals surface area contributed by atoms with Gasteiger partial charge < -0.3 is 5.73 Å². The predicted octanol–water partition coefficient (Wildman–Crippen LogP) is 3.83. The van der Waals surface area contributed by atoms with E-state index in [0.717, 1.165) is 24.8 Å². The summed E-state index contributed by atoms with van der Waals surface area (Å²) in [6, 6.07) is 5.64. The van der Waals surface area contributed by atoms with E-state index < -0.39 is 0 Å². The molecule has 0 aromatic heterocycles. The van der Waals surface area contributed by atoms with E-state index in [9.17, 15) is 0 Å². The van der Waals surface area contributed by atoms with Crippen LogP contribution in [-0.4, -0.2) is 6.04 Å². The zero-order valence-corrected chi connectivity index (χ0v) is 10.1. The third-order valence-corrected chi connectivity index (χ3v) is 2.83. The number of hydrogen-bond acceptors (Lipinski definition) is 1. The molecule has 0 fully saturated rings. The largest absolute Gasteiger partial charge is 0.327 e. The van der Waals surface area contributed by atoms with Gasteiger partial charge in [-0.2, -0.15) is 0 Å². The Morgan fingerprint density at radius 1 is 1.40 bits per heavy atom. The van der Waals surface area contributed by atoms with E-state index in [1.807, 2.05) is 18.2 Å². The van der Waals surface area contributed by atoms with Gasteiger partial charge in [-0.15, -0.1) is 6.58 Å². The van der Waals surface area contributed by atoms with Crippen molar-refractivity contribution in [2.24, 2.45) is 5.73 Å². The molecule has 0 aliphatic rings. The van der Waals surface area contributed by atoms with Crippen LogP contribution in [0, 0.1) is 0 Å². The highest BCUT2D eigenvalue weighted by Gasteiger charge is 2.06. The van der Waals surface area contributed by atoms with Crippen LogP contribution < -0.4 is 5.73 Å². The van der Waals surface area contributed by atoms with Crippen molar-refractivity contribution in [3.63, 3.8) is 0 Å². The summed E-state index contributed by atoms with van der Waals surface area (Å²) < 4.78 is 0. The third kappa shape index (κ3) is 4.25. The first-order chi connectivity index (χ1) is 7.13. The van der Waals surface area contributed by atoms with Gasteiger partial charge in [-0.1, -0.05) is 35.3 Å². The second-order valence-corrected chi connectivity index (χ2v) is 4.41. The van der Waals surface area contributed by atoms with E-state index in [2.05, 4.69) is 6.58 Å². The molecule has 1 aromatic rings. The van der Waals surface area contributed by atoms with Gasteiger partial charge >= 0.3 is 0 Å². The summed E-state index contributed by atoms with van der Waals surface area (Å²) >= 11 is 11.9. The van der Waals surface area contributed by atoms with Crippen molar-refractivity contribution >= 4 is 23.2 Å². The fraction of sp³-hybridized carbons (Fsp3) is 0.333. The van der Waals surface area contributed by atoms with Gasteiger partial charge in [0.25, 0.3) is 0 Å². The molecule has 82 valence electrons. The van der Waals surface area contributed by atoms with Crippen molar-refractivity contribution in [1.82, 2.24) is 0 Å². The summed E-state index contributed by atoms with van der Waals surface area (Å²) in [5.74, 6) is 0. The number of halogens is 2. The van der Waals surface area contributed by atoms with E-state index in [-0.39, 0.29) is 6.04 Å². The highest BCUT2D eigenvalue weighted by Crippen LogP contribution is 2.22. The van der Waals surface area contributed by atoms with Gasteiger partial charge in [0.1, 0.15) is 0 Å². The van der Waals surface area contributed by atoms with Crippen LogP contribution in [0.25, 0.3) is 0 Å². The smallest absolute Gasteiger partial charge is 0.0453 e. The average molecular weight is 244 g/mol. The molecule has 0 saturated heterocycles. The van der Waals surface area contributed by atoms with Crippen molar-refractivity contribution < 1.29 is 0 Å². The van der Waals surface area contributed by atoms with Gasteiger partial charge in [0.2, 0.25) is 0 Å². The molecule has 1 atom stereocenters. The lowest BCUT2D eigenvalue weighted by atomic mass is 10.0. The summed E-state index contributed by atoms with van der Waals surface area (Å²) in [4.78, 5) is 0. The highest BCUT2D eigenvalue weighted by atomic mass is 35.5. The van der Waals surface area contributed by atoms with Crippen molar-refractivity contribution in [1.29, 1.82) is 0 Å². The number of benzene rings is 1. The minimum Gasteiger partial charge on any atom is -0.327 e. The Hall–Kier alpha value is -0.500. The number of nitrogens with two attached hydrogens (primary N) is 1. The molecule has 1 rings (SSSR count). The molecule has 1 unspecified atom stereocenters. The molecule has 0 saturated carbocycles. The average Bonchev–Trinajstić information content (AvgIpc) is 2.19. The van der Waals surface area contributed by atoms with Gasteiger partial charge in [0.15, 0.2) is 0 Å². The Bertz CT molecular complexity index is 336. The molecule has 0 spiro atoms. The van der Waals surface area contributed by atoms with Crippen molar-refractivity contribution in [3.05, 3.63) is 46.5 Å². The Labute approximate surface area is 101 Å². The van der Waals surface area contributed by atoms with E-state index in [1.54, 1.807) is 6.07 Å². The van der Waals surface area contributed by atoms with E-state index >= 15 is 0 Å². The predicted molar refractivity (Wildman–Crippen MR) is 67.6 cm³/mol. The van der Waals surface area contributed by atoms with E-state index in [1.165, 1.54) is 0 Å². The number of rotatable bonds is 5. The standard InChI is InChI=1S/C12H15Cl2N/c1-2-3-4-11(15)7-9-5-6-10(13)8-12(9)14/h2,5-6,8,11H,1,3-4,7,15H2. The third-order valence-electron chi connectivity index (χ3n) is 2.24. The SMILES string of the molecule is C=CCCC(N)Cc1ccc(Cl)cc1Cl. The van der Waals surface area contributed by atoms with Crippen LogP contribution in [-0.2, 0) is 6.42 Å². The van der Waals surface area contributed by atoms with Gasteiger partial charge in [-0.05, 0) is 37.0 Å². The fourth-order valence-corrected chi connectivity index (χ4v) is 1.89. The van der Waals surface area contributed by atoms with E-state index in [4.69, 9.17) is 28.9 Å². The lowest BCUT2D eigenvalue weighted by molar-refractivity contribution is 0.618. The minimum absolute atomic E-state index is 0.127. The second-order valence-electron chi connectivity index (χ2n) is 3.57. The maximum Gasteiger partial charge on any atom is 0.0453 e. The lowest BCUT2D eigenvalue weighted by Crippen LogP contribution is -2.22. The first kappa shape index (κ1) is 12.6. The first-order valence-corrected chi connectivity index (χ1v) is 5.69. The molecule has 0 bridgehead atoms. The van der Waals surface area contributed by atoms with Crippen LogP contribution in [0.4, 0.5) is 0 Å².